The van der Waals surface area contributed by atoms with E-state index in [1.165, 1.54) is 0 Å². The smallest absolute Gasteiger partial charge is 0.367 e. The first kappa shape index (κ1) is 27.0. The molecule has 16 heteroatoms. The van der Waals surface area contributed by atoms with Crippen molar-refractivity contribution < 1.29 is 45.7 Å². The summed E-state index contributed by atoms with van der Waals surface area (Å²) in [5.74, 6) is -2.97. The Morgan fingerprint density at radius 3 is 2.16 bits per heavy atom. The molecule has 0 fully saturated rings. The second-order valence-corrected chi connectivity index (χ2v) is 10.8. The normalized spacial score (nSPS) is 11.7. The van der Waals surface area contributed by atoms with Crippen LogP contribution in [0.15, 0.2) is 30.3 Å². The van der Waals surface area contributed by atoms with Crippen LogP contribution in [0.25, 0.3) is 0 Å². The summed E-state index contributed by atoms with van der Waals surface area (Å²) in [5, 5.41) is 6.33. The predicted octanol–water partition coefficient (Wildman–Crippen LogP) is 3.92. The molecule has 0 aliphatic carbocycles. The molecule has 0 bridgehead atoms. The van der Waals surface area contributed by atoms with Gasteiger partial charge in [-0.1, -0.05) is 6.07 Å². The number of carbonyl (C=O) groups excluding carboxylic acids is 2. The zero-order valence-electron chi connectivity index (χ0n) is 15.0. The number of ether oxygens (including phenoxy) is 2. The molecule has 2 aromatic rings. The van der Waals surface area contributed by atoms with Crippen LogP contribution in [0, 0.1) is 20.8 Å². The fourth-order valence-electron chi connectivity index (χ4n) is 2.14. The minimum absolute atomic E-state index is 0.0893. The lowest BCUT2D eigenvalue weighted by Gasteiger charge is -2.19. The quantitative estimate of drug-likeness (QED) is 0.101. The molecule has 2 aromatic carbocycles. The first-order valence-electron chi connectivity index (χ1n) is 7.80. The average Bonchev–Trinajstić information content (AvgIpc) is 2.67. The highest BCUT2D eigenvalue weighted by atomic mass is 127. The number of benzene rings is 2. The second kappa shape index (κ2) is 10.3. The van der Waals surface area contributed by atoms with Gasteiger partial charge in [0, 0.05) is 9.64 Å². The predicted molar refractivity (Wildman–Crippen MR) is 128 cm³/mol. The van der Waals surface area contributed by atoms with Gasteiger partial charge in [-0.25, -0.2) is 18.0 Å². The molecule has 10 nitrogen and oxygen atoms in total. The van der Waals surface area contributed by atoms with Crippen LogP contribution in [0.5, 0.6) is 5.75 Å². The van der Waals surface area contributed by atoms with E-state index in [1.54, 1.807) is 12.1 Å². The van der Waals surface area contributed by atoms with Gasteiger partial charge in [0.15, 0.2) is 28.0 Å². The summed E-state index contributed by atoms with van der Waals surface area (Å²) in [7, 11) is -6.18. The largest absolute Gasteiger partial charge is 0.743 e. The number of esters is 2. The summed E-state index contributed by atoms with van der Waals surface area (Å²) in [4.78, 5) is 35.3. The zero-order chi connectivity index (χ0) is 24.4. The van der Waals surface area contributed by atoms with E-state index in [-0.39, 0.29) is 5.75 Å². The molecule has 0 unspecified atom stereocenters. The molecular formula is C16H7F2I3NO9S-. The molecule has 0 atom stereocenters. The van der Waals surface area contributed by atoms with E-state index in [1.807, 2.05) is 67.8 Å². The number of nitro groups is 1. The number of hydrogen-bond acceptors (Lipinski definition) is 9. The summed E-state index contributed by atoms with van der Waals surface area (Å²) in [6, 6.07) is 6.14. The zero-order valence-corrected chi connectivity index (χ0v) is 22.3. The van der Waals surface area contributed by atoms with E-state index in [0.29, 0.717) is 7.14 Å². The molecule has 0 aliphatic rings. The molecule has 172 valence electrons. The van der Waals surface area contributed by atoms with E-state index >= 15 is 0 Å². The lowest BCUT2D eigenvalue weighted by molar-refractivity contribution is -0.385. The third kappa shape index (κ3) is 6.20. The monoisotopic (exact) mass is 808 g/mol. The van der Waals surface area contributed by atoms with Crippen molar-refractivity contribution in [3.63, 3.8) is 0 Å². The number of rotatable bonds is 7. The van der Waals surface area contributed by atoms with Crippen LogP contribution in [-0.2, 0) is 14.9 Å². The van der Waals surface area contributed by atoms with Crippen LogP contribution in [-0.4, -0.2) is 41.7 Å². The first-order valence-corrected chi connectivity index (χ1v) is 12.4. The Hall–Kier alpha value is -1.26. The number of nitrogens with zero attached hydrogens (tertiary/aromatic N) is 1. The van der Waals surface area contributed by atoms with E-state index < -0.39 is 55.7 Å². The summed E-state index contributed by atoms with van der Waals surface area (Å²) < 4.78 is 69.6. The molecule has 0 aliphatic heterocycles. The third-order valence-corrected chi connectivity index (χ3v) is 6.63. The number of carbonyl (C=O) groups is 2. The van der Waals surface area contributed by atoms with Crippen molar-refractivity contribution in [1.29, 1.82) is 0 Å². The van der Waals surface area contributed by atoms with E-state index in [4.69, 9.17) is 4.74 Å². The lowest BCUT2D eigenvalue weighted by Crippen LogP contribution is -2.35. The number of nitro benzene ring substituents is 1. The standard InChI is InChI=1S/C16H8F2I3NO9S/c17-16(18,32(27,28)29)6-30-15(24)12-8(2-1-3-11(12)22(25)26)14(23)31-13-9(20)4-7(19)5-10(13)21/h1-5H,6H2,(H,27,28,29)/p-1. The van der Waals surface area contributed by atoms with Gasteiger partial charge in [0.2, 0.25) is 0 Å². The van der Waals surface area contributed by atoms with Crippen LogP contribution in [0.3, 0.4) is 0 Å². The molecule has 0 heterocycles. The minimum Gasteiger partial charge on any atom is -0.743 e. The van der Waals surface area contributed by atoms with Gasteiger partial charge in [-0.3, -0.25) is 10.1 Å². The average molecular weight is 808 g/mol. The topological polar surface area (TPSA) is 153 Å². The SMILES string of the molecule is O=C(Oc1c(I)cc(I)cc1I)c1cccc([N+](=O)[O-])c1C(=O)OCC(F)(F)S(=O)(=O)[O-]. The summed E-state index contributed by atoms with van der Waals surface area (Å²) in [6.45, 7) is -2.20. The van der Waals surface area contributed by atoms with Crippen molar-refractivity contribution in [2.45, 2.75) is 5.25 Å². The van der Waals surface area contributed by atoms with E-state index in [0.717, 1.165) is 21.8 Å². The van der Waals surface area contributed by atoms with Crippen LogP contribution in [0.1, 0.15) is 20.7 Å². The molecule has 2 rings (SSSR count). The highest BCUT2D eigenvalue weighted by Crippen LogP contribution is 2.32. The Balaban J connectivity index is 2.47. The van der Waals surface area contributed by atoms with Crippen molar-refractivity contribution >= 4 is 95.5 Å². The van der Waals surface area contributed by atoms with E-state index in [2.05, 4.69) is 4.74 Å². The summed E-state index contributed by atoms with van der Waals surface area (Å²) >= 11 is 5.78. The number of hydrogen-bond donors (Lipinski definition) is 0. The van der Waals surface area contributed by atoms with Gasteiger partial charge in [-0.2, -0.15) is 8.78 Å². The summed E-state index contributed by atoms with van der Waals surface area (Å²) in [5.41, 5.74) is -2.72. The van der Waals surface area contributed by atoms with Crippen molar-refractivity contribution in [1.82, 2.24) is 0 Å². The van der Waals surface area contributed by atoms with Gasteiger partial charge in [0.25, 0.3) is 5.69 Å². The number of halogens is 5. The van der Waals surface area contributed by atoms with Crippen LogP contribution in [0.2, 0.25) is 0 Å². The van der Waals surface area contributed by atoms with Crippen LogP contribution in [0.4, 0.5) is 14.5 Å². The summed E-state index contributed by atoms with van der Waals surface area (Å²) in [6.07, 6.45) is 0. The van der Waals surface area contributed by atoms with Crippen LogP contribution < -0.4 is 4.74 Å². The van der Waals surface area contributed by atoms with Crippen molar-refractivity contribution in [2.75, 3.05) is 6.61 Å². The Labute approximate surface area is 219 Å². The van der Waals surface area contributed by atoms with Gasteiger partial charge in [0.1, 0.15) is 0 Å². The molecule has 0 saturated heterocycles. The molecular weight excluding hydrogens is 801 g/mol. The second-order valence-electron chi connectivity index (χ2n) is 5.71. The maximum Gasteiger partial charge on any atom is 0.367 e. The van der Waals surface area contributed by atoms with Gasteiger partial charge in [-0.05, 0) is 86.0 Å². The van der Waals surface area contributed by atoms with Crippen LogP contribution >= 0.6 is 67.8 Å². The van der Waals surface area contributed by atoms with Gasteiger partial charge >= 0.3 is 17.2 Å². The molecule has 0 spiro atoms. The van der Waals surface area contributed by atoms with Gasteiger partial charge < -0.3 is 14.0 Å². The molecule has 0 saturated carbocycles. The molecule has 32 heavy (non-hydrogen) atoms. The fraction of sp³-hybridized carbons (Fsp3) is 0.125. The Bertz CT molecular complexity index is 1200. The number of alkyl halides is 2. The molecule has 0 radical (unpaired) electrons. The van der Waals surface area contributed by atoms with E-state index in [9.17, 15) is 41.5 Å². The third-order valence-electron chi connectivity index (χ3n) is 3.56. The molecule has 0 N–H and O–H groups in total. The highest BCUT2D eigenvalue weighted by molar-refractivity contribution is 14.1. The van der Waals surface area contributed by atoms with Gasteiger partial charge in [0.05, 0.1) is 17.6 Å². The molecule has 0 aromatic heterocycles. The molecule has 0 amide bonds. The Morgan fingerprint density at radius 2 is 1.66 bits per heavy atom. The maximum absolute atomic E-state index is 13.3. The van der Waals surface area contributed by atoms with Crippen molar-refractivity contribution in [3.8, 4) is 5.75 Å². The highest BCUT2D eigenvalue weighted by Gasteiger charge is 2.40. The first-order chi connectivity index (χ1) is 14.7. The fourth-order valence-corrected chi connectivity index (χ4v) is 6.15. The lowest BCUT2D eigenvalue weighted by atomic mass is 10.1. The Kier molecular flexibility index (Phi) is 8.72. The maximum atomic E-state index is 13.3. The van der Waals surface area contributed by atoms with Gasteiger partial charge in [-0.15, -0.1) is 0 Å². The Morgan fingerprint density at radius 1 is 1.09 bits per heavy atom. The van der Waals surface area contributed by atoms with Crippen molar-refractivity contribution in [3.05, 3.63) is 62.3 Å². The minimum atomic E-state index is -6.18. The van der Waals surface area contributed by atoms with Crippen molar-refractivity contribution in [2.24, 2.45) is 0 Å².